The molecule has 0 radical (unpaired) electrons. The summed E-state index contributed by atoms with van der Waals surface area (Å²) < 4.78 is 10.6. The Bertz CT molecular complexity index is 467. The Kier molecular flexibility index (Phi) is 2.29. The van der Waals surface area contributed by atoms with Gasteiger partial charge in [-0.2, -0.15) is 0 Å². The van der Waals surface area contributed by atoms with Gasteiger partial charge in [-0.3, -0.25) is 4.79 Å². The quantitative estimate of drug-likeness (QED) is 0.774. The lowest BCUT2D eigenvalue weighted by Crippen LogP contribution is -1.97. The third-order valence-corrected chi connectivity index (χ3v) is 2.44. The van der Waals surface area contributed by atoms with Crippen molar-refractivity contribution in [3.8, 4) is 0 Å². The van der Waals surface area contributed by atoms with Crippen LogP contribution in [0.15, 0.2) is 38.0 Å². The monoisotopic (exact) mass is 254 g/mol. The van der Waals surface area contributed by atoms with Crippen molar-refractivity contribution in [2.45, 2.75) is 6.92 Å². The van der Waals surface area contributed by atoms with Gasteiger partial charge in [-0.15, -0.1) is 0 Å². The Balaban J connectivity index is 2.38. The van der Waals surface area contributed by atoms with Gasteiger partial charge in [0.1, 0.15) is 5.76 Å². The molecule has 0 unspecified atom stereocenters. The summed E-state index contributed by atoms with van der Waals surface area (Å²) in [5, 5.41) is 0. The molecule has 0 spiro atoms. The highest BCUT2D eigenvalue weighted by atomic mass is 79.9. The van der Waals surface area contributed by atoms with Gasteiger partial charge >= 0.3 is 0 Å². The van der Waals surface area contributed by atoms with E-state index in [1.807, 2.05) is 0 Å². The second-order valence-electron chi connectivity index (χ2n) is 2.85. The number of carbonyl (C=O) groups is 1. The van der Waals surface area contributed by atoms with Crippen LogP contribution in [-0.2, 0) is 0 Å². The van der Waals surface area contributed by atoms with Gasteiger partial charge in [0.05, 0.1) is 11.8 Å². The Morgan fingerprint density at radius 1 is 1.36 bits per heavy atom. The first-order valence-electron chi connectivity index (χ1n) is 4.02. The lowest BCUT2D eigenvalue weighted by atomic mass is 10.2. The van der Waals surface area contributed by atoms with E-state index in [1.54, 1.807) is 25.1 Å². The number of ketones is 1. The van der Waals surface area contributed by atoms with Gasteiger partial charge in [-0.1, -0.05) is 0 Å². The molecule has 2 rings (SSSR count). The van der Waals surface area contributed by atoms with Gasteiger partial charge in [0.15, 0.2) is 10.4 Å². The SMILES string of the molecule is Cc1ccc(C(=O)c2ccoc2Br)o1. The maximum absolute atomic E-state index is 11.8. The van der Waals surface area contributed by atoms with E-state index in [2.05, 4.69) is 15.9 Å². The molecule has 0 saturated carbocycles. The van der Waals surface area contributed by atoms with Crippen molar-refractivity contribution < 1.29 is 13.6 Å². The molecule has 0 atom stereocenters. The van der Waals surface area contributed by atoms with Crippen molar-refractivity contribution in [2.24, 2.45) is 0 Å². The zero-order chi connectivity index (χ0) is 10.1. The van der Waals surface area contributed by atoms with Crippen LogP contribution >= 0.6 is 15.9 Å². The predicted octanol–water partition coefficient (Wildman–Crippen LogP) is 3.17. The van der Waals surface area contributed by atoms with Crippen LogP contribution in [0.3, 0.4) is 0 Å². The number of aryl methyl sites for hydroxylation is 1. The summed E-state index contributed by atoms with van der Waals surface area (Å²) >= 11 is 3.14. The summed E-state index contributed by atoms with van der Waals surface area (Å²) in [6.45, 7) is 1.79. The minimum Gasteiger partial charge on any atom is -0.458 e. The van der Waals surface area contributed by atoms with E-state index in [0.717, 1.165) is 0 Å². The van der Waals surface area contributed by atoms with Crippen LogP contribution in [0, 0.1) is 6.92 Å². The fourth-order valence-electron chi connectivity index (χ4n) is 1.15. The summed E-state index contributed by atoms with van der Waals surface area (Å²) in [5.74, 6) is 0.858. The number of carbonyl (C=O) groups excluding carboxylic acids is 1. The van der Waals surface area contributed by atoms with Gasteiger partial charge in [0.25, 0.3) is 0 Å². The smallest absolute Gasteiger partial charge is 0.232 e. The molecule has 0 aliphatic heterocycles. The van der Waals surface area contributed by atoms with Crippen molar-refractivity contribution in [3.05, 3.63) is 46.2 Å². The van der Waals surface area contributed by atoms with Gasteiger partial charge in [0.2, 0.25) is 5.78 Å². The minimum absolute atomic E-state index is 0.182. The highest BCUT2D eigenvalue weighted by molar-refractivity contribution is 9.10. The van der Waals surface area contributed by atoms with E-state index in [4.69, 9.17) is 8.83 Å². The second-order valence-corrected chi connectivity index (χ2v) is 3.57. The molecular formula is C10H7BrO3. The maximum atomic E-state index is 11.8. The van der Waals surface area contributed by atoms with E-state index >= 15 is 0 Å². The summed E-state index contributed by atoms with van der Waals surface area (Å²) in [5.41, 5.74) is 0.472. The lowest BCUT2D eigenvalue weighted by molar-refractivity contribution is 0.101. The van der Waals surface area contributed by atoms with Gasteiger partial charge in [0, 0.05) is 0 Å². The van der Waals surface area contributed by atoms with Crippen molar-refractivity contribution in [2.75, 3.05) is 0 Å². The molecule has 0 saturated heterocycles. The van der Waals surface area contributed by atoms with Crippen LogP contribution in [0.5, 0.6) is 0 Å². The normalized spacial score (nSPS) is 10.4. The van der Waals surface area contributed by atoms with Gasteiger partial charge < -0.3 is 8.83 Å². The van der Waals surface area contributed by atoms with Crippen molar-refractivity contribution in [1.82, 2.24) is 0 Å². The Labute approximate surface area is 88.8 Å². The number of furan rings is 2. The first kappa shape index (κ1) is 9.27. The van der Waals surface area contributed by atoms with Crippen LogP contribution in [0.1, 0.15) is 21.9 Å². The Hall–Kier alpha value is -1.29. The van der Waals surface area contributed by atoms with Gasteiger partial charge in [-0.05, 0) is 41.1 Å². The first-order valence-corrected chi connectivity index (χ1v) is 4.82. The molecule has 2 aromatic heterocycles. The average molecular weight is 255 g/mol. The van der Waals surface area contributed by atoms with E-state index in [0.29, 0.717) is 21.8 Å². The average Bonchev–Trinajstić information content (AvgIpc) is 2.73. The third-order valence-electron chi connectivity index (χ3n) is 1.83. The standard InChI is InChI=1S/C10H7BrO3/c1-6-2-3-8(14-6)9(12)7-4-5-13-10(7)11/h2-5H,1H3. The Morgan fingerprint density at radius 2 is 2.14 bits per heavy atom. The predicted molar refractivity (Wildman–Crippen MR) is 53.3 cm³/mol. The summed E-state index contributed by atoms with van der Waals surface area (Å²) in [4.78, 5) is 11.8. The molecule has 2 aromatic rings. The molecule has 2 heterocycles. The van der Waals surface area contributed by atoms with Crippen molar-refractivity contribution in [3.63, 3.8) is 0 Å². The van der Waals surface area contributed by atoms with Crippen LogP contribution in [-0.4, -0.2) is 5.78 Å². The largest absolute Gasteiger partial charge is 0.458 e. The molecule has 0 aliphatic carbocycles. The molecule has 4 heteroatoms. The van der Waals surface area contributed by atoms with Crippen LogP contribution in [0.25, 0.3) is 0 Å². The molecule has 72 valence electrons. The summed E-state index contributed by atoms with van der Waals surface area (Å²) in [6, 6.07) is 5.00. The number of hydrogen-bond donors (Lipinski definition) is 0. The summed E-state index contributed by atoms with van der Waals surface area (Å²) in [6.07, 6.45) is 1.45. The first-order chi connectivity index (χ1) is 6.68. The molecule has 0 aromatic carbocycles. The van der Waals surface area contributed by atoms with E-state index < -0.39 is 0 Å². The van der Waals surface area contributed by atoms with E-state index in [1.165, 1.54) is 6.26 Å². The highest BCUT2D eigenvalue weighted by Crippen LogP contribution is 2.21. The van der Waals surface area contributed by atoms with Crippen molar-refractivity contribution >= 4 is 21.7 Å². The lowest BCUT2D eigenvalue weighted by Gasteiger charge is -1.92. The number of hydrogen-bond acceptors (Lipinski definition) is 3. The number of halogens is 1. The zero-order valence-electron chi connectivity index (χ0n) is 7.41. The zero-order valence-corrected chi connectivity index (χ0v) is 9.00. The van der Waals surface area contributed by atoms with Crippen LogP contribution in [0.2, 0.25) is 0 Å². The van der Waals surface area contributed by atoms with E-state index in [9.17, 15) is 4.79 Å². The molecule has 0 amide bonds. The van der Waals surface area contributed by atoms with Crippen molar-refractivity contribution in [1.29, 1.82) is 0 Å². The summed E-state index contributed by atoms with van der Waals surface area (Å²) in [7, 11) is 0. The molecule has 3 nitrogen and oxygen atoms in total. The minimum atomic E-state index is -0.182. The molecule has 14 heavy (non-hydrogen) atoms. The molecule has 0 bridgehead atoms. The third kappa shape index (κ3) is 1.53. The molecule has 0 aliphatic rings. The fourth-order valence-corrected chi connectivity index (χ4v) is 1.57. The topological polar surface area (TPSA) is 43.4 Å². The maximum Gasteiger partial charge on any atom is 0.232 e. The molecule has 0 fully saturated rings. The Morgan fingerprint density at radius 3 is 2.64 bits per heavy atom. The van der Waals surface area contributed by atoms with Crippen LogP contribution < -0.4 is 0 Å². The molecule has 0 N–H and O–H groups in total. The number of rotatable bonds is 2. The van der Waals surface area contributed by atoms with E-state index in [-0.39, 0.29) is 5.78 Å². The molecular weight excluding hydrogens is 248 g/mol. The highest BCUT2D eigenvalue weighted by Gasteiger charge is 2.17. The van der Waals surface area contributed by atoms with Gasteiger partial charge in [-0.25, -0.2) is 0 Å². The fraction of sp³-hybridized carbons (Fsp3) is 0.100. The second kappa shape index (κ2) is 3.46. The van der Waals surface area contributed by atoms with Crippen LogP contribution in [0.4, 0.5) is 0 Å².